The fourth-order valence-electron chi connectivity index (χ4n) is 1.89. The van der Waals surface area contributed by atoms with Crippen molar-refractivity contribution in [3.63, 3.8) is 0 Å². The highest BCUT2D eigenvalue weighted by molar-refractivity contribution is 9.10. The van der Waals surface area contributed by atoms with E-state index in [2.05, 4.69) is 26.3 Å². The van der Waals surface area contributed by atoms with Gasteiger partial charge in [0, 0.05) is 12.1 Å². The molecule has 120 valence electrons. The molecular formula is C12H18BrF3N4O. The average Bonchev–Trinajstić information content (AvgIpc) is 2.43. The highest BCUT2D eigenvalue weighted by atomic mass is 79.9. The van der Waals surface area contributed by atoms with Crippen LogP contribution in [-0.4, -0.2) is 28.0 Å². The summed E-state index contributed by atoms with van der Waals surface area (Å²) in [5.41, 5.74) is 4.83. The van der Waals surface area contributed by atoms with E-state index in [0.29, 0.717) is 29.8 Å². The second-order valence-corrected chi connectivity index (χ2v) is 5.56. The Morgan fingerprint density at radius 1 is 1.38 bits per heavy atom. The summed E-state index contributed by atoms with van der Waals surface area (Å²) in [5.74, 6) is 0. The largest absolute Gasteiger partial charge is 0.408 e. The lowest BCUT2D eigenvalue weighted by Crippen LogP contribution is -2.45. The SMILES string of the molecule is CCC(CC)(CN)Nc1cnn(CC(F)(F)F)c(=O)c1Br. The van der Waals surface area contributed by atoms with Crippen molar-refractivity contribution in [2.75, 3.05) is 11.9 Å². The summed E-state index contributed by atoms with van der Waals surface area (Å²) >= 11 is 3.03. The van der Waals surface area contributed by atoms with Crippen LogP contribution in [0.3, 0.4) is 0 Å². The Kier molecular flexibility index (Phi) is 5.80. The van der Waals surface area contributed by atoms with Gasteiger partial charge in [0.1, 0.15) is 11.0 Å². The number of hydrogen-bond acceptors (Lipinski definition) is 4. The minimum Gasteiger partial charge on any atom is -0.376 e. The molecule has 0 atom stereocenters. The maximum Gasteiger partial charge on any atom is 0.408 e. The fraction of sp³-hybridized carbons (Fsp3) is 0.667. The van der Waals surface area contributed by atoms with E-state index >= 15 is 0 Å². The molecule has 1 aromatic rings. The minimum atomic E-state index is -4.50. The van der Waals surface area contributed by atoms with Crippen LogP contribution in [0.4, 0.5) is 18.9 Å². The molecule has 0 saturated heterocycles. The third-order valence-corrected chi connectivity index (χ3v) is 4.22. The fourth-order valence-corrected chi connectivity index (χ4v) is 2.29. The molecule has 1 aromatic heterocycles. The Bertz CT molecular complexity index is 532. The van der Waals surface area contributed by atoms with Crippen LogP contribution in [0.1, 0.15) is 26.7 Å². The Balaban J connectivity index is 3.13. The Morgan fingerprint density at radius 2 is 1.95 bits per heavy atom. The first-order chi connectivity index (χ1) is 9.68. The molecule has 0 aromatic carbocycles. The molecular weight excluding hydrogens is 353 g/mol. The zero-order valence-electron chi connectivity index (χ0n) is 11.8. The molecule has 0 fully saturated rings. The molecule has 0 amide bonds. The van der Waals surface area contributed by atoms with E-state index in [9.17, 15) is 18.0 Å². The number of nitrogens with zero attached hydrogens (tertiary/aromatic N) is 2. The van der Waals surface area contributed by atoms with Gasteiger partial charge in [-0.25, -0.2) is 4.68 Å². The van der Waals surface area contributed by atoms with Gasteiger partial charge in [-0.1, -0.05) is 13.8 Å². The topological polar surface area (TPSA) is 72.9 Å². The van der Waals surface area contributed by atoms with E-state index in [4.69, 9.17) is 5.73 Å². The predicted octanol–water partition coefficient (Wildman–Crippen LogP) is 2.50. The lowest BCUT2D eigenvalue weighted by Gasteiger charge is -2.32. The van der Waals surface area contributed by atoms with Gasteiger partial charge >= 0.3 is 6.18 Å². The van der Waals surface area contributed by atoms with Gasteiger partial charge in [0.05, 0.1) is 11.9 Å². The molecule has 21 heavy (non-hydrogen) atoms. The Hall–Kier alpha value is -1.09. The molecule has 0 bridgehead atoms. The van der Waals surface area contributed by atoms with Crippen molar-refractivity contribution in [1.82, 2.24) is 9.78 Å². The van der Waals surface area contributed by atoms with E-state index in [1.165, 1.54) is 6.20 Å². The number of rotatable bonds is 6. The van der Waals surface area contributed by atoms with Gasteiger partial charge in [0.2, 0.25) is 0 Å². The van der Waals surface area contributed by atoms with Crippen molar-refractivity contribution < 1.29 is 13.2 Å². The highest BCUT2D eigenvalue weighted by Gasteiger charge is 2.30. The lowest BCUT2D eigenvalue weighted by molar-refractivity contribution is -0.143. The molecule has 0 aliphatic carbocycles. The van der Waals surface area contributed by atoms with Crippen molar-refractivity contribution in [3.8, 4) is 0 Å². The molecule has 1 rings (SSSR count). The monoisotopic (exact) mass is 370 g/mol. The second-order valence-electron chi connectivity index (χ2n) is 4.77. The standard InChI is InChI=1S/C12H18BrF3N4O/c1-3-11(4-2,6-17)19-8-5-18-20(7-12(14,15)16)10(21)9(8)13/h5,19H,3-4,6-7,17H2,1-2H3. The van der Waals surface area contributed by atoms with Crippen LogP contribution >= 0.6 is 15.9 Å². The smallest absolute Gasteiger partial charge is 0.376 e. The zero-order chi connectivity index (χ0) is 16.3. The third kappa shape index (κ3) is 4.44. The van der Waals surface area contributed by atoms with Gasteiger partial charge in [-0.2, -0.15) is 18.3 Å². The number of alkyl halides is 3. The zero-order valence-corrected chi connectivity index (χ0v) is 13.4. The molecule has 0 aliphatic rings. The number of halogens is 4. The van der Waals surface area contributed by atoms with E-state index < -0.39 is 23.8 Å². The van der Waals surface area contributed by atoms with Crippen LogP contribution in [0, 0.1) is 0 Å². The van der Waals surface area contributed by atoms with Gasteiger partial charge in [0.25, 0.3) is 5.56 Å². The first-order valence-corrected chi connectivity index (χ1v) is 7.28. The maximum absolute atomic E-state index is 12.3. The molecule has 0 aliphatic heterocycles. The first-order valence-electron chi connectivity index (χ1n) is 6.48. The summed E-state index contributed by atoms with van der Waals surface area (Å²) in [6, 6.07) is 0. The van der Waals surface area contributed by atoms with Crippen LogP contribution in [-0.2, 0) is 6.54 Å². The van der Waals surface area contributed by atoms with Crippen LogP contribution in [0.25, 0.3) is 0 Å². The molecule has 0 saturated carbocycles. The number of hydrogen-bond donors (Lipinski definition) is 2. The number of nitrogens with two attached hydrogens (primary N) is 1. The summed E-state index contributed by atoms with van der Waals surface area (Å²) in [6.45, 7) is 2.79. The summed E-state index contributed by atoms with van der Waals surface area (Å²) in [6.07, 6.45) is -1.89. The van der Waals surface area contributed by atoms with Gasteiger partial charge in [-0.05, 0) is 28.8 Å². The highest BCUT2D eigenvalue weighted by Crippen LogP contribution is 2.25. The molecule has 9 heteroatoms. The van der Waals surface area contributed by atoms with Gasteiger partial charge < -0.3 is 11.1 Å². The van der Waals surface area contributed by atoms with E-state index in [-0.39, 0.29) is 4.47 Å². The van der Waals surface area contributed by atoms with Gasteiger partial charge in [-0.15, -0.1) is 0 Å². The van der Waals surface area contributed by atoms with Crippen LogP contribution in [0.5, 0.6) is 0 Å². The van der Waals surface area contributed by atoms with Crippen molar-refractivity contribution in [2.24, 2.45) is 5.73 Å². The molecule has 0 spiro atoms. The van der Waals surface area contributed by atoms with Crippen molar-refractivity contribution in [1.29, 1.82) is 0 Å². The number of anilines is 1. The van der Waals surface area contributed by atoms with Crippen LogP contribution < -0.4 is 16.6 Å². The van der Waals surface area contributed by atoms with Gasteiger partial charge in [-0.3, -0.25) is 4.79 Å². The lowest BCUT2D eigenvalue weighted by atomic mass is 9.93. The van der Waals surface area contributed by atoms with Crippen molar-refractivity contribution in [2.45, 2.75) is 44.9 Å². The van der Waals surface area contributed by atoms with E-state index in [0.717, 1.165) is 0 Å². The predicted molar refractivity (Wildman–Crippen MR) is 78.2 cm³/mol. The van der Waals surface area contributed by atoms with Crippen molar-refractivity contribution in [3.05, 3.63) is 21.0 Å². The van der Waals surface area contributed by atoms with Crippen LogP contribution in [0.2, 0.25) is 0 Å². The van der Waals surface area contributed by atoms with Gasteiger partial charge in [0.15, 0.2) is 0 Å². The number of nitrogens with one attached hydrogen (secondary N) is 1. The summed E-state index contributed by atoms with van der Waals surface area (Å²) < 4.78 is 37.4. The first kappa shape index (κ1) is 18.0. The molecule has 5 nitrogen and oxygen atoms in total. The summed E-state index contributed by atoms with van der Waals surface area (Å²) in [4.78, 5) is 11.9. The van der Waals surface area contributed by atoms with E-state index in [1.807, 2.05) is 13.8 Å². The van der Waals surface area contributed by atoms with E-state index in [1.54, 1.807) is 0 Å². The molecule has 0 radical (unpaired) electrons. The molecule has 1 heterocycles. The summed E-state index contributed by atoms with van der Waals surface area (Å²) in [5, 5.41) is 6.67. The van der Waals surface area contributed by atoms with Crippen molar-refractivity contribution >= 4 is 21.6 Å². The average molecular weight is 371 g/mol. The minimum absolute atomic E-state index is 0.0153. The Labute approximate surface area is 128 Å². The Morgan fingerprint density at radius 3 is 2.38 bits per heavy atom. The summed E-state index contributed by atoms with van der Waals surface area (Å²) in [7, 11) is 0. The molecule has 0 unspecified atom stereocenters. The molecule has 3 N–H and O–H groups in total. The third-order valence-electron chi connectivity index (χ3n) is 3.46. The maximum atomic E-state index is 12.3. The second kappa shape index (κ2) is 6.78. The quantitative estimate of drug-likeness (QED) is 0.806. The number of aromatic nitrogens is 2. The normalized spacial score (nSPS) is 12.5. The van der Waals surface area contributed by atoms with Crippen LogP contribution in [0.15, 0.2) is 15.5 Å².